The molecule has 2 heterocycles. The summed E-state index contributed by atoms with van der Waals surface area (Å²) in [5.74, 6) is -1.76. The van der Waals surface area contributed by atoms with Crippen LogP contribution in [0.2, 0.25) is 0 Å². The van der Waals surface area contributed by atoms with E-state index in [0.29, 0.717) is 16.4 Å². The maximum Gasteiger partial charge on any atom is 0.325 e. The summed E-state index contributed by atoms with van der Waals surface area (Å²) in [5, 5.41) is 4.54. The van der Waals surface area contributed by atoms with Crippen LogP contribution in [-0.2, 0) is 37.3 Å². The largest absolute Gasteiger partial charge is 0.454 e. The number of thiazole rings is 1. The van der Waals surface area contributed by atoms with Gasteiger partial charge < -0.3 is 4.74 Å². The predicted molar refractivity (Wildman–Crippen MR) is 121 cm³/mol. The molecule has 1 aliphatic heterocycles. The Hall–Kier alpha value is -3.15. The molecular weight excluding hydrogens is 469 g/mol. The second-order valence-electron chi connectivity index (χ2n) is 7.50. The lowest BCUT2D eigenvalue weighted by atomic mass is 9.96. The molecule has 1 amide bonds. The van der Waals surface area contributed by atoms with Crippen molar-refractivity contribution in [3.8, 4) is 11.3 Å². The molecule has 8 nitrogen and oxygen atoms in total. The van der Waals surface area contributed by atoms with Gasteiger partial charge in [0.05, 0.1) is 11.9 Å². The zero-order chi connectivity index (χ0) is 23.6. The molecule has 1 N–H and O–H groups in total. The van der Waals surface area contributed by atoms with Crippen LogP contribution in [-0.4, -0.2) is 48.5 Å². The van der Waals surface area contributed by atoms with Crippen molar-refractivity contribution in [2.45, 2.75) is 19.0 Å². The van der Waals surface area contributed by atoms with Crippen molar-refractivity contribution in [2.75, 3.05) is 18.2 Å². The van der Waals surface area contributed by atoms with E-state index in [4.69, 9.17) is 4.74 Å². The van der Waals surface area contributed by atoms with Crippen LogP contribution in [0.15, 0.2) is 53.9 Å². The van der Waals surface area contributed by atoms with Gasteiger partial charge in [-0.2, -0.15) is 4.31 Å². The topological polar surface area (TPSA) is 106 Å². The van der Waals surface area contributed by atoms with Gasteiger partial charge in [-0.05, 0) is 35.4 Å². The zero-order valence-corrected chi connectivity index (χ0v) is 19.2. The van der Waals surface area contributed by atoms with E-state index < -0.39 is 34.5 Å². The maximum absolute atomic E-state index is 13.1. The van der Waals surface area contributed by atoms with Crippen LogP contribution in [0.25, 0.3) is 11.3 Å². The van der Waals surface area contributed by atoms with Gasteiger partial charge in [-0.1, -0.05) is 24.3 Å². The molecule has 0 spiro atoms. The molecule has 2 aromatic carbocycles. The van der Waals surface area contributed by atoms with Gasteiger partial charge in [0.15, 0.2) is 11.7 Å². The predicted octanol–water partition coefficient (Wildman–Crippen LogP) is 2.82. The number of nitrogens with one attached hydrogen (secondary N) is 1. The normalized spacial score (nSPS) is 16.1. The second-order valence-corrected chi connectivity index (χ2v) is 10.3. The molecule has 33 heavy (non-hydrogen) atoms. The number of rotatable bonds is 6. The third kappa shape index (κ3) is 5.44. The number of carbonyl (C=O) groups excluding carboxylic acids is 2. The fourth-order valence-corrected chi connectivity index (χ4v) is 5.25. The number of nitrogens with zero attached hydrogens (tertiary/aromatic N) is 2. The van der Waals surface area contributed by atoms with Gasteiger partial charge in [0.25, 0.3) is 5.91 Å². The van der Waals surface area contributed by atoms with Crippen LogP contribution in [0.5, 0.6) is 0 Å². The lowest BCUT2D eigenvalue weighted by Crippen LogP contribution is -2.49. The number of esters is 1. The highest BCUT2D eigenvalue weighted by molar-refractivity contribution is 7.88. The highest BCUT2D eigenvalue weighted by Gasteiger charge is 2.38. The molecule has 0 bridgehead atoms. The van der Waals surface area contributed by atoms with Crippen molar-refractivity contribution in [1.29, 1.82) is 0 Å². The molecule has 1 atom stereocenters. The molecule has 0 saturated heterocycles. The molecular formula is C22H20FN3O5S2. The van der Waals surface area contributed by atoms with Gasteiger partial charge in [-0.3, -0.25) is 14.9 Å². The Morgan fingerprint density at radius 3 is 2.58 bits per heavy atom. The Bertz CT molecular complexity index is 1290. The number of amides is 1. The van der Waals surface area contributed by atoms with Gasteiger partial charge in [-0.25, -0.2) is 17.8 Å². The highest BCUT2D eigenvalue weighted by atomic mass is 32.2. The minimum atomic E-state index is -3.68. The smallest absolute Gasteiger partial charge is 0.325 e. The summed E-state index contributed by atoms with van der Waals surface area (Å²) in [4.78, 5) is 29.2. The van der Waals surface area contributed by atoms with Crippen molar-refractivity contribution in [3.05, 3.63) is 70.9 Å². The van der Waals surface area contributed by atoms with E-state index >= 15 is 0 Å². The number of hydrogen-bond acceptors (Lipinski definition) is 7. The van der Waals surface area contributed by atoms with Crippen LogP contribution < -0.4 is 5.32 Å². The zero-order valence-electron chi connectivity index (χ0n) is 17.5. The summed E-state index contributed by atoms with van der Waals surface area (Å²) < 4.78 is 43.8. The monoisotopic (exact) mass is 489 g/mol. The molecule has 4 rings (SSSR count). The number of benzene rings is 2. The average Bonchev–Trinajstić information content (AvgIpc) is 3.24. The van der Waals surface area contributed by atoms with Crippen LogP contribution in [0.1, 0.15) is 11.1 Å². The first-order chi connectivity index (χ1) is 15.7. The Morgan fingerprint density at radius 1 is 1.18 bits per heavy atom. The molecule has 172 valence electrons. The third-order valence-electron chi connectivity index (χ3n) is 5.14. The third-order valence-corrected chi connectivity index (χ3v) is 7.13. The minimum absolute atomic E-state index is 0.0618. The lowest BCUT2D eigenvalue weighted by molar-refractivity contribution is -0.151. The summed E-state index contributed by atoms with van der Waals surface area (Å²) >= 11 is 1.17. The quantitative estimate of drug-likeness (QED) is 0.534. The number of fused-ring (bicyclic) bond motifs is 1. The molecule has 1 aliphatic rings. The van der Waals surface area contributed by atoms with E-state index in [-0.39, 0.29) is 18.8 Å². The SMILES string of the molecule is CS(=O)(=O)N1Cc2ccccc2C[C@H]1C(=O)OCC(=O)Nc1nc(-c2ccc(F)cc2)cs1. The van der Waals surface area contributed by atoms with Gasteiger partial charge in [-0.15, -0.1) is 11.3 Å². The van der Waals surface area contributed by atoms with E-state index in [1.54, 1.807) is 17.5 Å². The number of aromatic nitrogens is 1. The minimum Gasteiger partial charge on any atom is -0.454 e. The number of anilines is 1. The average molecular weight is 490 g/mol. The highest BCUT2D eigenvalue weighted by Crippen LogP contribution is 2.27. The number of ether oxygens (including phenoxy) is 1. The number of halogens is 1. The fourth-order valence-electron chi connectivity index (χ4n) is 3.52. The lowest BCUT2D eigenvalue weighted by Gasteiger charge is -2.33. The van der Waals surface area contributed by atoms with Crippen molar-refractivity contribution in [3.63, 3.8) is 0 Å². The van der Waals surface area contributed by atoms with Crippen LogP contribution in [0.4, 0.5) is 9.52 Å². The molecule has 11 heteroatoms. The number of sulfonamides is 1. The Kier molecular flexibility index (Phi) is 6.54. The van der Waals surface area contributed by atoms with Crippen LogP contribution >= 0.6 is 11.3 Å². The van der Waals surface area contributed by atoms with E-state index in [2.05, 4.69) is 10.3 Å². The molecule has 0 unspecified atom stereocenters. The van der Waals surface area contributed by atoms with Crippen molar-refractivity contribution in [1.82, 2.24) is 9.29 Å². The standard InChI is InChI=1S/C22H20FN3O5S2/c1-33(29,30)26-11-16-5-3-2-4-15(16)10-19(26)21(28)31-12-20(27)25-22-24-18(13-32-22)14-6-8-17(23)9-7-14/h2-9,13,19H,10-12H2,1H3,(H,24,25,27)/t19-/m0/s1. The van der Waals surface area contributed by atoms with E-state index in [1.165, 1.54) is 23.5 Å². The summed E-state index contributed by atoms with van der Waals surface area (Å²) in [6.45, 7) is -0.522. The molecule has 0 fully saturated rings. The molecule has 0 saturated carbocycles. The first kappa shape index (κ1) is 23.0. The Labute approximate surface area is 194 Å². The second kappa shape index (κ2) is 9.38. The van der Waals surface area contributed by atoms with Gasteiger partial charge in [0.1, 0.15) is 11.9 Å². The summed E-state index contributed by atoms with van der Waals surface area (Å²) in [6.07, 6.45) is 1.20. The summed E-state index contributed by atoms with van der Waals surface area (Å²) in [5.41, 5.74) is 2.94. The maximum atomic E-state index is 13.1. The first-order valence-electron chi connectivity index (χ1n) is 9.92. The molecule has 0 aliphatic carbocycles. The van der Waals surface area contributed by atoms with Gasteiger partial charge in [0, 0.05) is 23.9 Å². The molecule has 1 aromatic heterocycles. The van der Waals surface area contributed by atoms with Crippen LogP contribution in [0.3, 0.4) is 0 Å². The Morgan fingerprint density at radius 2 is 1.88 bits per heavy atom. The van der Waals surface area contributed by atoms with Gasteiger partial charge in [0.2, 0.25) is 10.0 Å². The summed E-state index contributed by atoms with van der Waals surface area (Å²) in [7, 11) is -3.68. The fraction of sp³-hybridized carbons (Fsp3) is 0.227. The number of carbonyl (C=O) groups is 2. The molecule has 0 radical (unpaired) electrons. The summed E-state index contributed by atoms with van der Waals surface area (Å²) in [6, 6.07) is 12.0. The van der Waals surface area contributed by atoms with Crippen molar-refractivity contribution >= 4 is 38.4 Å². The van der Waals surface area contributed by atoms with Crippen molar-refractivity contribution < 1.29 is 27.1 Å². The number of hydrogen-bond donors (Lipinski definition) is 1. The van der Waals surface area contributed by atoms with Crippen LogP contribution in [0, 0.1) is 5.82 Å². The van der Waals surface area contributed by atoms with E-state index in [9.17, 15) is 22.4 Å². The van der Waals surface area contributed by atoms with Crippen molar-refractivity contribution in [2.24, 2.45) is 0 Å². The van der Waals surface area contributed by atoms with Gasteiger partial charge >= 0.3 is 5.97 Å². The van der Waals surface area contributed by atoms with E-state index in [0.717, 1.165) is 21.7 Å². The van der Waals surface area contributed by atoms with E-state index in [1.807, 2.05) is 24.3 Å². The Balaban J connectivity index is 1.38. The first-order valence-corrected chi connectivity index (χ1v) is 12.6. The molecule has 3 aromatic rings.